The predicted octanol–water partition coefficient (Wildman–Crippen LogP) is 3.10. The Morgan fingerprint density at radius 2 is 2.04 bits per heavy atom. The molecular weight excluding hydrogens is 344 g/mol. The number of rotatable bonds is 2. The lowest BCUT2D eigenvalue weighted by atomic mass is 9.84. The predicted molar refractivity (Wildman–Crippen MR) is 101 cm³/mol. The van der Waals surface area contributed by atoms with Gasteiger partial charge in [-0.1, -0.05) is 26.8 Å². The first-order valence-electron chi connectivity index (χ1n) is 9.79. The van der Waals surface area contributed by atoms with Gasteiger partial charge in [0, 0.05) is 31.7 Å². The van der Waals surface area contributed by atoms with Gasteiger partial charge in [-0.25, -0.2) is 9.59 Å². The van der Waals surface area contributed by atoms with Crippen molar-refractivity contribution in [1.82, 2.24) is 9.80 Å². The molecule has 1 aromatic rings. The molecule has 4 rings (SSSR count). The molecule has 6 nitrogen and oxygen atoms in total. The smallest absolute Gasteiger partial charge is 0.407 e. The summed E-state index contributed by atoms with van der Waals surface area (Å²) in [5, 5.41) is 9.55. The summed E-state index contributed by atoms with van der Waals surface area (Å²) in [5.74, 6) is 0.243. The number of benzene rings is 1. The first kappa shape index (κ1) is 18.3. The van der Waals surface area contributed by atoms with E-state index in [1.807, 2.05) is 6.07 Å². The zero-order valence-electron chi connectivity index (χ0n) is 16.3. The molecule has 1 N–H and O–H groups in total. The van der Waals surface area contributed by atoms with Crippen molar-refractivity contribution in [3.8, 4) is 0 Å². The third-order valence-electron chi connectivity index (χ3n) is 6.41. The molecule has 1 aromatic carbocycles. The lowest BCUT2D eigenvalue weighted by Crippen LogP contribution is -2.59. The molecular formula is C21H28N2O4. The van der Waals surface area contributed by atoms with Gasteiger partial charge in [0.15, 0.2) is 0 Å². The van der Waals surface area contributed by atoms with Crippen LogP contribution in [-0.4, -0.2) is 59.2 Å². The Hall–Kier alpha value is -2.08. The monoisotopic (exact) mass is 372 g/mol. The fourth-order valence-corrected chi connectivity index (χ4v) is 4.91. The standard InChI is InChI=1S/C21H28N2O4/c1-21(2,3)18-11-22(8-9-23(18)20(25)26)10-13-4-5-15-14(13)6-7-16-17(15)12-27-19(16)24/h6-7,13,18H,4-5,8-12H2,1-3H3,(H,25,26). The minimum Gasteiger partial charge on any atom is -0.465 e. The summed E-state index contributed by atoms with van der Waals surface area (Å²) < 4.78 is 5.21. The Balaban J connectivity index is 1.50. The number of esters is 1. The molecule has 1 saturated heterocycles. The molecule has 2 atom stereocenters. The van der Waals surface area contributed by atoms with Crippen LogP contribution in [0.4, 0.5) is 4.79 Å². The number of amides is 1. The second kappa shape index (κ2) is 6.51. The van der Waals surface area contributed by atoms with Gasteiger partial charge < -0.3 is 14.7 Å². The van der Waals surface area contributed by atoms with Crippen LogP contribution in [0.25, 0.3) is 0 Å². The highest BCUT2D eigenvalue weighted by Gasteiger charge is 2.39. The quantitative estimate of drug-likeness (QED) is 0.808. The maximum absolute atomic E-state index is 11.8. The largest absolute Gasteiger partial charge is 0.465 e. The number of carbonyl (C=O) groups excluding carboxylic acids is 1. The molecule has 1 aliphatic carbocycles. The van der Waals surface area contributed by atoms with Crippen LogP contribution in [0.15, 0.2) is 12.1 Å². The van der Waals surface area contributed by atoms with E-state index in [1.165, 1.54) is 11.1 Å². The minimum absolute atomic E-state index is 0.00401. The summed E-state index contributed by atoms with van der Waals surface area (Å²) in [7, 11) is 0. The van der Waals surface area contributed by atoms with E-state index < -0.39 is 6.09 Å². The number of carbonyl (C=O) groups is 2. The highest BCUT2D eigenvalue weighted by Crippen LogP contribution is 2.39. The molecule has 1 amide bonds. The number of carboxylic acid groups (broad SMARTS) is 1. The number of fused-ring (bicyclic) bond motifs is 3. The Labute approximate surface area is 160 Å². The van der Waals surface area contributed by atoms with Crippen molar-refractivity contribution in [1.29, 1.82) is 0 Å². The van der Waals surface area contributed by atoms with E-state index >= 15 is 0 Å². The number of ether oxygens (including phenoxy) is 1. The summed E-state index contributed by atoms with van der Waals surface area (Å²) in [5.41, 5.74) is 4.38. The van der Waals surface area contributed by atoms with Crippen LogP contribution in [0.5, 0.6) is 0 Å². The summed E-state index contributed by atoms with van der Waals surface area (Å²) >= 11 is 0. The van der Waals surface area contributed by atoms with Crippen LogP contribution < -0.4 is 0 Å². The average Bonchev–Trinajstić information content (AvgIpc) is 3.18. The van der Waals surface area contributed by atoms with Gasteiger partial charge in [0.05, 0.1) is 11.6 Å². The molecule has 1 fully saturated rings. The van der Waals surface area contributed by atoms with Gasteiger partial charge in [-0.3, -0.25) is 4.90 Å². The first-order valence-corrected chi connectivity index (χ1v) is 9.79. The van der Waals surface area contributed by atoms with Crippen molar-refractivity contribution in [3.05, 3.63) is 34.4 Å². The maximum atomic E-state index is 11.8. The molecule has 2 unspecified atom stereocenters. The fourth-order valence-electron chi connectivity index (χ4n) is 4.91. The molecule has 3 aliphatic rings. The lowest BCUT2D eigenvalue weighted by molar-refractivity contribution is 0.0198. The highest BCUT2D eigenvalue weighted by atomic mass is 16.5. The molecule has 0 saturated carbocycles. The van der Waals surface area contributed by atoms with Crippen LogP contribution in [0.2, 0.25) is 0 Å². The maximum Gasteiger partial charge on any atom is 0.407 e. The topological polar surface area (TPSA) is 70.1 Å². The van der Waals surface area contributed by atoms with E-state index in [2.05, 4.69) is 31.7 Å². The van der Waals surface area contributed by atoms with E-state index in [1.54, 1.807) is 4.90 Å². The summed E-state index contributed by atoms with van der Waals surface area (Å²) in [6.07, 6.45) is 1.26. The second-order valence-electron chi connectivity index (χ2n) is 9.09. The molecule has 0 bridgehead atoms. The normalized spacial score (nSPS) is 25.3. The SMILES string of the molecule is CC(C)(C)C1CN(CC2CCc3c2ccc2c3COC2=O)CCN1C(=O)O. The van der Waals surface area contributed by atoms with E-state index in [0.29, 0.717) is 19.1 Å². The third-order valence-corrected chi connectivity index (χ3v) is 6.41. The molecule has 0 aromatic heterocycles. The van der Waals surface area contributed by atoms with E-state index in [0.717, 1.165) is 43.6 Å². The van der Waals surface area contributed by atoms with Crippen molar-refractivity contribution in [2.75, 3.05) is 26.2 Å². The highest BCUT2D eigenvalue weighted by molar-refractivity contribution is 5.94. The number of piperazine rings is 1. The van der Waals surface area contributed by atoms with Crippen molar-refractivity contribution in [2.24, 2.45) is 5.41 Å². The molecule has 27 heavy (non-hydrogen) atoms. The summed E-state index contributed by atoms with van der Waals surface area (Å²) in [4.78, 5) is 27.5. The zero-order chi connectivity index (χ0) is 19.3. The van der Waals surface area contributed by atoms with Gasteiger partial charge in [0.1, 0.15) is 6.61 Å². The van der Waals surface area contributed by atoms with Gasteiger partial charge in [-0.15, -0.1) is 0 Å². The molecule has 2 aliphatic heterocycles. The Morgan fingerprint density at radius 3 is 2.74 bits per heavy atom. The van der Waals surface area contributed by atoms with Crippen LogP contribution >= 0.6 is 0 Å². The van der Waals surface area contributed by atoms with E-state index in [-0.39, 0.29) is 17.4 Å². The first-order chi connectivity index (χ1) is 12.8. The van der Waals surface area contributed by atoms with E-state index in [9.17, 15) is 14.7 Å². The molecule has 146 valence electrons. The molecule has 2 heterocycles. The van der Waals surface area contributed by atoms with Gasteiger partial charge in [0.2, 0.25) is 0 Å². The van der Waals surface area contributed by atoms with Crippen LogP contribution in [-0.2, 0) is 17.8 Å². The molecule has 0 spiro atoms. The molecule has 0 radical (unpaired) electrons. The third kappa shape index (κ3) is 3.20. The zero-order valence-corrected chi connectivity index (χ0v) is 16.3. The number of cyclic esters (lactones) is 1. The number of hydrogen-bond acceptors (Lipinski definition) is 4. The Kier molecular flexibility index (Phi) is 4.41. The average molecular weight is 372 g/mol. The van der Waals surface area contributed by atoms with Crippen LogP contribution in [0.1, 0.15) is 60.2 Å². The Bertz CT molecular complexity index is 783. The van der Waals surface area contributed by atoms with Crippen molar-refractivity contribution >= 4 is 12.1 Å². The van der Waals surface area contributed by atoms with Gasteiger partial charge in [0.25, 0.3) is 0 Å². The summed E-state index contributed by atoms with van der Waals surface area (Å²) in [6, 6.07) is 4.02. The second-order valence-corrected chi connectivity index (χ2v) is 9.09. The van der Waals surface area contributed by atoms with Crippen LogP contribution in [0, 0.1) is 5.41 Å². The van der Waals surface area contributed by atoms with Crippen molar-refractivity contribution in [3.63, 3.8) is 0 Å². The van der Waals surface area contributed by atoms with Gasteiger partial charge >= 0.3 is 12.1 Å². The number of nitrogens with zero attached hydrogens (tertiary/aromatic N) is 2. The minimum atomic E-state index is -0.819. The Morgan fingerprint density at radius 1 is 1.26 bits per heavy atom. The fraction of sp³-hybridized carbons (Fsp3) is 0.619. The van der Waals surface area contributed by atoms with Crippen LogP contribution in [0.3, 0.4) is 0 Å². The van der Waals surface area contributed by atoms with E-state index in [4.69, 9.17) is 4.74 Å². The molecule has 6 heteroatoms. The summed E-state index contributed by atoms with van der Waals surface area (Å²) in [6.45, 7) is 9.80. The van der Waals surface area contributed by atoms with Crippen molar-refractivity contribution in [2.45, 2.75) is 52.2 Å². The van der Waals surface area contributed by atoms with Gasteiger partial charge in [-0.05, 0) is 41.4 Å². The number of hydrogen-bond donors (Lipinski definition) is 1. The van der Waals surface area contributed by atoms with Crippen molar-refractivity contribution < 1.29 is 19.4 Å². The lowest BCUT2D eigenvalue weighted by Gasteiger charge is -2.46. The van der Waals surface area contributed by atoms with Gasteiger partial charge in [-0.2, -0.15) is 0 Å².